The van der Waals surface area contributed by atoms with E-state index in [-0.39, 0.29) is 29.2 Å². The maximum Gasteiger partial charge on any atom is 0.276 e. The van der Waals surface area contributed by atoms with Gasteiger partial charge in [-0.15, -0.1) is 0 Å². The Morgan fingerprint density at radius 1 is 1.16 bits per heavy atom. The Morgan fingerprint density at radius 2 is 1.90 bits per heavy atom. The molecule has 1 fully saturated rings. The lowest BCUT2D eigenvalue weighted by atomic mass is 10.2. The highest BCUT2D eigenvalue weighted by Crippen LogP contribution is 2.19. The maximum absolute atomic E-state index is 12.7. The van der Waals surface area contributed by atoms with Crippen LogP contribution in [0.2, 0.25) is 0 Å². The Hall–Kier alpha value is -3.41. The lowest BCUT2D eigenvalue weighted by Gasteiger charge is -2.26. The second kappa shape index (κ2) is 10.1. The summed E-state index contributed by atoms with van der Waals surface area (Å²) in [6.07, 6.45) is 4.20. The van der Waals surface area contributed by atoms with Crippen LogP contribution in [-0.2, 0) is 14.8 Å². The molecule has 0 atom stereocenters. The number of hydrogen-bond donors (Lipinski definition) is 1. The normalized spacial score (nSPS) is 15.4. The van der Waals surface area contributed by atoms with E-state index in [9.17, 15) is 23.3 Å². The number of hydrogen-bond acceptors (Lipinski definition) is 7. The second-order valence-corrected chi connectivity index (χ2v) is 8.38. The van der Waals surface area contributed by atoms with Crippen molar-refractivity contribution in [1.29, 1.82) is 0 Å². The number of nitrogens with zero attached hydrogens (tertiary/aromatic N) is 3. The topological polar surface area (TPSA) is 131 Å². The third kappa shape index (κ3) is 5.60. The number of carbonyl (C=O) groups excluding carboxylic acids is 1. The van der Waals surface area contributed by atoms with Gasteiger partial charge in [-0.1, -0.05) is 18.2 Å². The summed E-state index contributed by atoms with van der Waals surface area (Å²) in [5.74, 6) is -0.589. The molecule has 1 aliphatic heterocycles. The van der Waals surface area contributed by atoms with E-state index in [1.165, 1.54) is 53.0 Å². The zero-order valence-electron chi connectivity index (χ0n) is 16.4. The number of morpholine rings is 1. The third-order valence-electron chi connectivity index (χ3n) is 4.44. The quantitative estimate of drug-likeness (QED) is 0.395. The molecule has 0 aromatic heterocycles. The van der Waals surface area contributed by atoms with Crippen LogP contribution in [0.3, 0.4) is 0 Å². The fourth-order valence-corrected chi connectivity index (χ4v) is 4.33. The van der Waals surface area contributed by atoms with E-state index in [1.807, 2.05) is 0 Å². The van der Waals surface area contributed by atoms with Crippen LogP contribution in [0.1, 0.15) is 15.9 Å². The molecule has 31 heavy (non-hydrogen) atoms. The molecule has 162 valence electrons. The number of nitro groups is 1. The van der Waals surface area contributed by atoms with Crippen molar-refractivity contribution in [2.75, 3.05) is 26.3 Å². The Bertz CT molecular complexity index is 1120. The minimum absolute atomic E-state index is 0.0160. The highest BCUT2D eigenvalue weighted by molar-refractivity contribution is 7.89. The third-order valence-corrected chi connectivity index (χ3v) is 6.33. The van der Waals surface area contributed by atoms with E-state index in [0.29, 0.717) is 18.8 Å². The van der Waals surface area contributed by atoms with Crippen LogP contribution in [-0.4, -0.2) is 56.1 Å². The molecule has 0 aliphatic carbocycles. The molecule has 10 nitrogen and oxygen atoms in total. The summed E-state index contributed by atoms with van der Waals surface area (Å²) < 4.78 is 31.9. The molecule has 11 heteroatoms. The van der Waals surface area contributed by atoms with Crippen LogP contribution >= 0.6 is 0 Å². The van der Waals surface area contributed by atoms with Gasteiger partial charge in [0.05, 0.1) is 28.6 Å². The first kappa shape index (κ1) is 22.3. The molecule has 1 amide bonds. The summed E-state index contributed by atoms with van der Waals surface area (Å²) in [7, 11) is -3.72. The van der Waals surface area contributed by atoms with Gasteiger partial charge in [-0.05, 0) is 36.4 Å². The average Bonchev–Trinajstić information content (AvgIpc) is 2.79. The SMILES string of the molecule is O=C(N/N=C\C=C\c1ccccc1[N+](=O)[O-])c1cccc(S(=O)(=O)N2CCOCC2)c1. The number of carbonyl (C=O) groups is 1. The Labute approximate surface area is 179 Å². The van der Waals surface area contributed by atoms with Crippen molar-refractivity contribution in [2.24, 2.45) is 5.10 Å². The molecule has 1 heterocycles. The molecule has 0 radical (unpaired) electrons. The second-order valence-electron chi connectivity index (χ2n) is 6.44. The highest BCUT2D eigenvalue weighted by atomic mass is 32.2. The molecule has 0 unspecified atom stereocenters. The zero-order chi connectivity index (χ0) is 22.3. The number of sulfonamides is 1. The summed E-state index contributed by atoms with van der Waals surface area (Å²) in [6.45, 7) is 1.17. The van der Waals surface area contributed by atoms with Crippen molar-refractivity contribution < 1.29 is 22.9 Å². The summed E-state index contributed by atoms with van der Waals surface area (Å²) >= 11 is 0. The standard InChI is InChI=1S/C20H20N4O6S/c25-20(22-21-10-4-7-16-5-1-2-9-19(16)24(26)27)17-6-3-8-18(15-17)31(28,29)23-11-13-30-14-12-23/h1-10,15H,11-14H2,(H,22,25)/b7-4+,21-10-. The van der Waals surface area contributed by atoms with Crippen LogP contribution in [0.4, 0.5) is 5.69 Å². The van der Waals surface area contributed by atoms with Gasteiger partial charge in [0.25, 0.3) is 11.6 Å². The predicted molar refractivity (Wildman–Crippen MR) is 114 cm³/mol. The molecule has 0 spiro atoms. The van der Waals surface area contributed by atoms with E-state index in [4.69, 9.17) is 4.74 Å². The number of ether oxygens (including phenoxy) is 1. The summed E-state index contributed by atoms with van der Waals surface area (Å²) in [5.41, 5.74) is 2.78. The smallest absolute Gasteiger partial charge is 0.276 e. The van der Waals surface area contributed by atoms with Crippen molar-refractivity contribution in [3.63, 3.8) is 0 Å². The predicted octanol–water partition coefficient (Wildman–Crippen LogP) is 2.04. The molecule has 3 rings (SSSR count). The number of amides is 1. The first-order valence-corrected chi connectivity index (χ1v) is 10.7. The number of allylic oxidation sites excluding steroid dienone is 1. The lowest BCUT2D eigenvalue weighted by molar-refractivity contribution is -0.385. The van der Waals surface area contributed by atoms with Crippen molar-refractivity contribution in [2.45, 2.75) is 4.90 Å². The Morgan fingerprint density at radius 3 is 2.65 bits per heavy atom. The maximum atomic E-state index is 12.7. The number of nitrogens with one attached hydrogen (secondary N) is 1. The van der Waals surface area contributed by atoms with Crippen LogP contribution in [0.15, 0.2) is 64.6 Å². The van der Waals surface area contributed by atoms with Crippen molar-refractivity contribution >= 4 is 33.9 Å². The van der Waals surface area contributed by atoms with Gasteiger partial charge in [0.1, 0.15) is 0 Å². The first-order chi connectivity index (χ1) is 14.9. The molecule has 0 bridgehead atoms. The lowest BCUT2D eigenvalue weighted by Crippen LogP contribution is -2.40. The number of hydrazone groups is 1. The zero-order valence-corrected chi connectivity index (χ0v) is 17.2. The van der Waals surface area contributed by atoms with Crippen molar-refractivity contribution in [1.82, 2.24) is 9.73 Å². The molecular formula is C20H20N4O6S. The van der Waals surface area contributed by atoms with Gasteiger partial charge < -0.3 is 4.74 Å². The van der Waals surface area contributed by atoms with E-state index in [2.05, 4.69) is 10.5 Å². The van der Waals surface area contributed by atoms with Gasteiger partial charge in [0.15, 0.2) is 0 Å². The van der Waals surface area contributed by atoms with Crippen LogP contribution in [0.25, 0.3) is 6.08 Å². The van der Waals surface area contributed by atoms with Crippen LogP contribution in [0.5, 0.6) is 0 Å². The van der Waals surface area contributed by atoms with Crippen molar-refractivity contribution in [3.8, 4) is 0 Å². The fourth-order valence-electron chi connectivity index (χ4n) is 2.88. The molecule has 2 aromatic carbocycles. The molecule has 1 saturated heterocycles. The van der Waals surface area contributed by atoms with Gasteiger partial charge in [0, 0.05) is 30.9 Å². The molecule has 0 saturated carbocycles. The molecule has 2 aromatic rings. The van der Waals surface area contributed by atoms with E-state index in [1.54, 1.807) is 18.2 Å². The fraction of sp³-hybridized carbons (Fsp3) is 0.200. The van der Waals surface area contributed by atoms with Gasteiger partial charge >= 0.3 is 0 Å². The van der Waals surface area contributed by atoms with Crippen LogP contribution < -0.4 is 5.43 Å². The monoisotopic (exact) mass is 444 g/mol. The van der Waals surface area contributed by atoms with Gasteiger partial charge in [-0.25, -0.2) is 13.8 Å². The molecule has 1 N–H and O–H groups in total. The average molecular weight is 444 g/mol. The minimum Gasteiger partial charge on any atom is -0.379 e. The van der Waals surface area contributed by atoms with Gasteiger partial charge in [0.2, 0.25) is 10.0 Å². The first-order valence-electron chi connectivity index (χ1n) is 9.31. The highest BCUT2D eigenvalue weighted by Gasteiger charge is 2.26. The van der Waals surface area contributed by atoms with Crippen molar-refractivity contribution in [3.05, 3.63) is 75.8 Å². The summed E-state index contributed by atoms with van der Waals surface area (Å²) in [6, 6.07) is 11.9. The van der Waals surface area contributed by atoms with E-state index in [0.717, 1.165) is 0 Å². The number of benzene rings is 2. The summed E-state index contributed by atoms with van der Waals surface area (Å²) in [4.78, 5) is 22.8. The minimum atomic E-state index is -3.72. The Kier molecular flexibility index (Phi) is 7.23. The van der Waals surface area contributed by atoms with E-state index >= 15 is 0 Å². The largest absolute Gasteiger partial charge is 0.379 e. The van der Waals surface area contributed by atoms with Crippen LogP contribution in [0, 0.1) is 10.1 Å². The number of para-hydroxylation sites is 1. The number of rotatable bonds is 7. The molecule has 1 aliphatic rings. The van der Waals surface area contributed by atoms with Gasteiger partial charge in [-0.3, -0.25) is 14.9 Å². The number of nitro benzene ring substituents is 1. The van der Waals surface area contributed by atoms with Gasteiger partial charge in [-0.2, -0.15) is 9.41 Å². The Balaban J connectivity index is 1.65. The molecular weight excluding hydrogens is 424 g/mol. The van der Waals surface area contributed by atoms with E-state index < -0.39 is 20.9 Å². The summed E-state index contributed by atoms with van der Waals surface area (Å²) in [5, 5.41) is 14.7.